The van der Waals surface area contributed by atoms with Gasteiger partial charge in [-0.2, -0.15) is 0 Å². The van der Waals surface area contributed by atoms with Gasteiger partial charge < -0.3 is 0 Å². The molecule has 0 amide bonds. The normalized spacial score (nSPS) is 10.4. The van der Waals surface area contributed by atoms with E-state index in [0.29, 0.717) is 3.93 Å². The predicted octanol–water partition coefficient (Wildman–Crippen LogP) is 0.569. The van der Waals surface area contributed by atoms with E-state index in [1.807, 2.05) is 0 Å². The van der Waals surface area contributed by atoms with Crippen LogP contribution in [0.3, 0.4) is 0 Å². The molecule has 0 spiro atoms. The fourth-order valence-corrected chi connectivity index (χ4v) is 2.06. The van der Waals surface area contributed by atoms with E-state index in [1.54, 1.807) is 18.2 Å². The Labute approximate surface area is 82.4 Å². The fraction of sp³-hybridized carbons (Fsp3) is 0. The standard InChI is InChI=1S/C6H7AsN4O3/c8-9-10-11(7(12,13)14)6-4-2-1-3-5-6/h1-5H,(H2,12,13,14). The summed E-state index contributed by atoms with van der Waals surface area (Å²) in [6.45, 7) is 0. The van der Waals surface area contributed by atoms with Crippen LogP contribution in [0.4, 0.5) is 5.69 Å². The van der Waals surface area contributed by atoms with E-state index in [9.17, 15) is 3.74 Å². The van der Waals surface area contributed by atoms with Gasteiger partial charge in [0.25, 0.3) is 0 Å². The summed E-state index contributed by atoms with van der Waals surface area (Å²) in [5.41, 5.74) is 8.31. The van der Waals surface area contributed by atoms with Crippen molar-refractivity contribution in [3.8, 4) is 0 Å². The van der Waals surface area contributed by atoms with Crippen molar-refractivity contribution in [2.24, 2.45) is 5.22 Å². The van der Waals surface area contributed by atoms with Crippen LogP contribution in [0.25, 0.3) is 10.4 Å². The van der Waals surface area contributed by atoms with Crippen LogP contribution in [-0.4, -0.2) is 22.6 Å². The summed E-state index contributed by atoms with van der Waals surface area (Å²) < 4.78 is 29.1. The molecule has 0 fully saturated rings. The molecular weight excluding hydrogens is 251 g/mol. The number of para-hydroxylation sites is 1. The Morgan fingerprint density at radius 3 is 2.36 bits per heavy atom. The van der Waals surface area contributed by atoms with Crippen molar-refractivity contribution in [3.05, 3.63) is 40.8 Å². The van der Waals surface area contributed by atoms with E-state index < -0.39 is 14.4 Å². The van der Waals surface area contributed by atoms with Gasteiger partial charge in [0.2, 0.25) is 0 Å². The Balaban J connectivity index is 3.14. The molecule has 0 saturated heterocycles. The quantitative estimate of drug-likeness (QED) is 0.271. The average molecular weight is 258 g/mol. The van der Waals surface area contributed by atoms with Crippen LogP contribution in [0.1, 0.15) is 0 Å². The molecule has 0 atom stereocenters. The average Bonchev–Trinajstić information content (AvgIpc) is 2.14. The van der Waals surface area contributed by atoms with E-state index >= 15 is 0 Å². The molecule has 0 unspecified atom stereocenters. The van der Waals surface area contributed by atoms with Crippen molar-refractivity contribution in [2.45, 2.75) is 0 Å². The van der Waals surface area contributed by atoms with Crippen molar-refractivity contribution >= 4 is 20.1 Å². The number of anilines is 1. The molecule has 14 heavy (non-hydrogen) atoms. The number of azide groups is 1. The summed E-state index contributed by atoms with van der Waals surface area (Å²) in [6, 6.07) is 7.73. The molecule has 0 bridgehead atoms. The summed E-state index contributed by atoms with van der Waals surface area (Å²) in [7, 11) is 0. The first kappa shape index (κ1) is 10.7. The number of rotatable bonds is 3. The molecule has 0 heterocycles. The van der Waals surface area contributed by atoms with Gasteiger partial charge in [0.1, 0.15) is 0 Å². The molecule has 8 heteroatoms. The second-order valence-electron chi connectivity index (χ2n) is 2.32. The molecule has 74 valence electrons. The topological polar surface area (TPSA) is 110 Å². The first-order chi connectivity index (χ1) is 6.55. The van der Waals surface area contributed by atoms with Crippen molar-refractivity contribution in [1.82, 2.24) is 0 Å². The monoisotopic (exact) mass is 258 g/mol. The molecule has 0 aliphatic rings. The first-order valence-electron chi connectivity index (χ1n) is 3.52. The molecule has 2 N–H and O–H groups in total. The summed E-state index contributed by atoms with van der Waals surface area (Å²) in [4.78, 5) is 2.35. The van der Waals surface area contributed by atoms with E-state index in [0.717, 1.165) is 0 Å². The van der Waals surface area contributed by atoms with Crippen LogP contribution in [0.2, 0.25) is 0 Å². The van der Waals surface area contributed by atoms with Gasteiger partial charge in [-0.1, -0.05) is 0 Å². The summed E-state index contributed by atoms with van der Waals surface area (Å²) in [5, 5.41) is 2.94. The number of nitrogens with zero attached hydrogens (tertiary/aromatic N) is 4. The third kappa shape index (κ3) is 2.55. The van der Waals surface area contributed by atoms with Gasteiger partial charge in [0, 0.05) is 0 Å². The number of hydrogen-bond acceptors (Lipinski definition) is 2. The fourth-order valence-electron chi connectivity index (χ4n) is 0.853. The SMILES string of the molecule is [N-]=[N+]=NN(c1ccccc1)[As](=O)(O)O. The van der Waals surface area contributed by atoms with E-state index in [-0.39, 0.29) is 5.69 Å². The number of benzene rings is 1. The van der Waals surface area contributed by atoms with Gasteiger partial charge in [-0.05, 0) is 0 Å². The summed E-state index contributed by atoms with van der Waals surface area (Å²) >= 11 is -5.22. The van der Waals surface area contributed by atoms with Crippen LogP contribution in [0, 0.1) is 0 Å². The molecule has 0 saturated carbocycles. The van der Waals surface area contributed by atoms with Gasteiger partial charge in [0.15, 0.2) is 0 Å². The molecule has 0 aliphatic carbocycles. The van der Waals surface area contributed by atoms with Crippen molar-refractivity contribution in [2.75, 3.05) is 3.93 Å². The molecule has 0 radical (unpaired) electrons. The first-order valence-corrected chi connectivity index (χ1v) is 6.80. The van der Waals surface area contributed by atoms with Crippen LogP contribution in [-0.2, 0) is 3.74 Å². The second kappa shape index (κ2) is 4.21. The second-order valence-corrected chi connectivity index (χ2v) is 5.27. The molecule has 1 aromatic rings. The maximum absolute atomic E-state index is 10.9. The molecule has 1 aromatic carbocycles. The van der Waals surface area contributed by atoms with Crippen LogP contribution >= 0.6 is 0 Å². The Morgan fingerprint density at radius 1 is 1.36 bits per heavy atom. The zero-order chi connectivity index (χ0) is 10.6. The molecule has 0 aliphatic heterocycles. The number of hydrogen-bond donors (Lipinski definition) is 2. The zero-order valence-corrected chi connectivity index (χ0v) is 8.80. The van der Waals surface area contributed by atoms with Gasteiger partial charge in [0.05, 0.1) is 0 Å². The molecule has 1 rings (SSSR count). The Morgan fingerprint density at radius 2 is 1.93 bits per heavy atom. The Kier molecular flexibility index (Phi) is 3.22. The minimum atomic E-state index is -5.22. The maximum atomic E-state index is 10.9. The van der Waals surface area contributed by atoms with Crippen molar-refractivity contribution in [1.29, 1.82) is 0 Å². The zero-order valence-electron chi connectivity index (χ0n) is 6.93. The van der Waals surface area contributed by atoms with E-state index in [4.69, 9.17) is 13.7 Å². The van der Waals surface area contributed by atoms with Crippen LogP contribution < -0.4 is 3.93 Å². The van der Waals surface area contributed by atoms with Crippen molar-refractivity contribution < 1.29 is 11.9 Å². The van der Waals surface area contributed by atoms with E-state index in [1.165, 1.54) is 12.1 Å². The molecule has 0 aromatic heterocycles. The van der Waals surface area contributed by atoms with Gasteiger partial charge in [-0.25, -0.2) is 0 Å². The van der Waals surface area contributed by atoms with Gasteiger partial charge in [-0.3, -0.25) is 0 Å². The van der Waals surface area contributed by atoms with Crippen molar-refractivity contribution in [3.63, 3.8) is 0 Å². The Bertz CT molecular complexity index is 397. The molecular formula is C6H7AsN4O3. The van der Waals surface area contributed by atoms with Gasteiger partial charge in [-0.15, -0.1) is 0 Å². The third-order valence-corrected chi connectivity index (χ3v) is 3.05. The van der Waals surface area contributed by atoms with Crippen LogP contribution in [0.5, 0.6) is 0 Å². The third-order valence-electron chi connectivity index (χ3n) is 1.36. The Hall–Kier alpha value is -1.39. The van der Waals surface area contributed by atoms with Gasteiger partial charge >= 0.3 is 81.9 Å². The van der Waals surface area contributed by atoms with E-state index in [2.05, 4.69) is 10.1 Å². The summed E-state index contributed by atoms with van der Waals surface area (Å²) in [6.07, 6.45) is 0. The minimum absolute atomic E-state index is 0.165. The molecule has 7 nitrogen and oxygen atoms in total. The predicted molar refractivity (Wildman–Crippen MR) is 48.9 cm³/mol. The van der Waals surface area contributed by atoms with Crippen LogP contribution in [0.15, 0.2) is 35.6 Å². The summed E-state index contributed by atoms with van der Waals surface area (Å²) in [5.74, 6) is 0.